The van der Waals surface area contributed by atoms with Crippen LogP contribution in [-0.2, 0) is 22.7 Å². The average molecular weight is 473 g/mol. The van der Waals surface area contributed by atoms with Crippen molar-refractivity contribution in [2.75, 3.05) is 11.9 Å². The molecule has 0 bridgehead atoms. The number of likely N-dealkylation sites (tertiary alicyclic amines) is 1. The molecule has 2 atom stereocenters. The molecule has 33 heavy (non-hydrogen) atoms. The second-order valence-corrected chi connectivity index (χ2v) is 8.73. The fourth-order valence-electron chi connectivity index (χ4n) is 3.97. The number of aromatic amines is 1. The molecule has 3 heterocycles. The van der Waals surface area contributed by atoms with Gasteiger partial charge < -0.3 is 10.1 Å². The van der Waals surface area contributed by atoms with Crippen LogP contribution in [0.1, 0.15) is 36.7 Å². The number of aryl methyl sites for hydroxylation is 1. The van der Waals surface area contributed by atoms with Crippen molar-refractivity contribution in [3.8, 4) is 0 Å². The molecular formula is C23H26ClFN6O2. The number of ether oxygens (including phenoxy) is 1. The molecule has 0 spiro atoms. The number of H-pyrrole nitrogens is 1. The maximum Gasteiger partial charge on any atom is 0.309 e. The molecule has 0 amide bonds. The van der Waals surface area contributed by atoms with Crippen LogP contribution in [0, 0.1) is 18.7 Å². The largest absolute Gasteiger partial charge is 0.459 e. The summed E-state index contributed by atoms with van der Waals surface area (Å²) < 4.78 is 19.8. The number of anilines is 2. The molecule has 3 aromatic rings. The van der Waals surface area contributed by atoms with Crippen LogP contribution in [-0.4, -0.2) is 43.6 Å². The molecule has 174 valence electrons. The lowest BCUT2D eigenvalue weighted by Crippen LogP contribution is -2.42. The zero-order valence-electron chi connectivity index (χ0n) is 18.5. The van der Waals surface area contributed by atoms with Gasteiger partial charge in [0.15, 0.2) is 11.6 Å². The third kappa shape index (κ3) is 5.85. The van der Waals surface area contributed by atoms with E-state index in [-0.39, 0.29) is 35.4 Å². The number of rotatable bonds is 7. The van der Waals surface area contributed by atoms with Gasteiger partial charge in [-0.1, -0.05) is 23.7 Å². The van der Waals surface area contributed by atoms with Crippen LogP contribution in [0.5, 0.6) is 0 Å². The highest BCUT2D eigenvalue weighted by Crippen LogP contribution is 2.27. The molecule has 0 unspecified atom stereocenters. The van der Waals surface area contributed by atoms with Crippen LogP contribution >= 0.6 is 11.6 Å². The van der Waals surface area contributed by atoms with Crippen LogP contribution < -0.4 is 5.32 Å². The summed E-state index contributed by atoms with van der Waals surface area (Å²) in [6.45, 7) is 5.12. The van der Waals surface area contributed by atoms with E-state index in [1.54, 1.807) is 30.6 Å². The third-order valence-electron chi connectivity index (χ3n) is 5.76. The van der Waals surface area contributed by atoms with E-state index >= 15 is 0 Å². The van der Waals surface area contributed by atoms with Crippen molar-refractivity contribution in [3.05, 3.63) is 64.5 Å². The number of hydrogen-bond donors (Lipinski definition) is 2. The number of halogens is 2. The van der Waals surface area contributed by atoms with Crippen molar-refractivity contribution in [2.24, 2.45) is 5.92 Å². The molecule has 0 aliphatic carbocycles. The minimum absolute atomic E-state index is 0.0449. The Morgan fingerprint density at radius 1 is 1.36 bits per heavy atom. The fraction of sp³-hybridized carbons (Fsp3) is 0.391. The van der Waals surface area contributed by atoms with Crippen LogP contribution in [0.15, 0.2) is 36.7 Å². The minimum atomic E-state index is -0.381. The SMILES string of the molecule is Cc1cc(Nc2cncc(COC(=O)[C@@H]3CCN(Cc4cccc(Cl)c4F)[C@H](C)C3)n2)n[nH]1. The monoisotopic (exact) mass is 472 g/mol. The highest BCUT2D eigenvalue weighted by atomic mass is 35.5. The summed E-state index contributed by atoms with van der Waals surface area (Å²) in [5, 5.41) is 10.1. The highest BCUT2D eigenvalue weighted by Gasteiger charge is 2.31. The number of piperidine rings is 1. The van der Waals surface area contributed by atoms with Crippen molar-refractivity contribution in [1.82, 2.24) is 25.1 Å². The second kappa shape index (κ2) is 10.3. The summed E-state index contributed by atoms with van der Waals surface area (Å²) in [7, 11) is 0. The molecule has 10 heteroatoms. The quantitative estimate of drug-likeness (QED) is 0.492. The summed E-state index contributed by atoms with van der Waals surface area (Å²) in [6, 6.07) is 6.99. The van der Waals surface area contributed by atoms with Crippen LogP contribution in [0.2, 0.25) is 5.02 Å². The van der Waals surface area contributed by atoms with Gasteiger partial charge in [-0.2, -0.15) is 5.10 Å². The Bertz CT molecular complexity index is 1120. The number of nitrogens with one attached hydrogen (secondary N) is 2. The predicted molar refractivity (Wildman–Crippen MR) is 122 cm³/mol. The standard InChI is InChI=1S/C23H26ClFN6O2/c1-14-8-20(30-29-14)28-21-11-26-10-18(27-21)13-33-23(32)16-6-7-31(15(2)9-16)12-17-4-3-5-19(24)22(17)25/h3-5,8,10-11,15-16H,6-7,9,12-13H2,1-2H3,(H2,27,28,29,30)/t15-,16-/m1/s1. The zero-order chi connectivity index (χ0) is 23.4. The number of nitrogens with zero attached hydrogens (tertiary/aromatic N) is 4. The maximum absolute atomic E-state index is 14.2. The molecule has 2 aromatic heterocycles. The minimum Gasteiger partial charge on any atom is -0.459 e. The van der Waals surface area contributed by atoms with Crippen LogP contribution in [0.25, 0.3) is 0 Å². The first kappa shape index (κ1) is 23.1. The molecule has 0 radical (unpaired) electrons. The van der Waals surface area contributed by atoms with Crippen molar-refractivity contribution in [2.45, 2.75) is 45.9 Å². The lowest BCUT2D eigenvalue weighted by Gasteiger charge is -2.36. The molecule has 1 aliphatic heterocycles. The van der Waals surface area contributed by atoms with Gasteiger partial charge in [0.05, 0.1) is 29.0 Å². The van der Waals surface area contributed by atoms with Gasteiger partial charge in [-0.3, -0.25) is 19.8 Å². The van der Waals surface area contributed by atoms with Crippen molar-refractivity contribution < 1.29 is 13.9 Å². The zero-order valence-corrected chi connectivity index (χ0v) is 19.3. The molecule has 1 aliphatic rings. The van der Waals surface area contributed by atoms with Gasteiger partial charge in [-0.25, -0.2) is 9.37 Å². The summed E-state index contributed by atoms with van der Waals surface area (Å²) in [4.78, 5) is 23.4. The Kier molecular flexibility index (Phi) is 7.20. The number of hydrogen-bond acceptors (Lipinski definition) is 7. The average Bonchev–Trinajstić information content (AvgIpc) is 3.21. The number of esters is 1. The Morgan fingerprint density at radius 3 is 2.97 bits per heavy atom. The van der Waals surface area contributed by atoms with Gasteiger partial charge in [-0.15, -0.1) is 0 Å². The van der Waals surface area contributed by atoms with E-state index in [0.29, 0.717) is 48.8 Å². The van der Waals surface area contributed by atoms with Crippen molar-refractivity contribution in [3.63, 3.8) is 0 Å². The Morgan fingerprint density at radius 2 is 2.21 bits per heavy atom. The van der Waals surface area contributed by atoms with Crippen molar-refractivity contribution in [1.29, 1.82) is 0 Å². The molecule has 2 N–H and O–H groups in total. The van der Waals surface area contributed by atoms with E-state index in [4.69, 9.17) is 16.3 Å². The van der Waals surface area contributed by atoms with E-state index in [1.165, 1.54) is 0 Å². The topological polar surface area (TPSA) is 96.0 Å². The first-order chi connectivity index (χ1) is 15.9. The highest BCUT2D eigenvalue weighted by molar-refractivity contribution is 6.30. The summed E-state index contributed by atoms with van der Waals surface area (Å²) in [5.41, 5.74) is 2.03. The van der Waals surface area contributed by atoms with Gasteiger partial charge in [-0.05, 0) is 39.3 Å². The fourth-order valence-corrected chi connectivity index (χ4v) is 4.17. The van der Waals surface area contributed by atoms with Gasteiger partial charge in [0.2, 0.25) is 0 Å². The molecule has 1 saturated heterocycles. The maximum atomic E-state index is 14.2. The van der Waals surface area contributed by atoms with Gasteiger partial charge in [0.1, 0.15) is 12.4 Å². The predicted octanol–water partition coefficient (Wildman–Crippen LogP) is 4.39. The second-order valence-electron chi connectivity index (χ2n) is 8.32. The molecule has 4 rings (SSSR count). The number of benzene rings is 1. The van der Waals surface area contributed by atoms with Gasteiger partial charge in [0, 0.05) is 29.9 Å². The Labute approximate surface area is 196 Å². The number of aromatic nitrogens is 4. The number of carbonyl (C=O) groups excluding carboxylic acids is 1. The first-order valence-corrected chi connectivity index (χ1v) is 11.2. The lowest BCUT2D eigenvalue weighted by atomic mass is 9.91. The molecular weight excluding hydrogens is 447 g/mol. The smallest absolute Gasteiger partial charge is 0.309 e. The third-order valence-corrected chi connectivity index (χ3v) is 6.05. The molecule has 8 nitrogen and oxygen atoms in total. The van der Waals surface area contributed by atoms with Crippen LogP contribution in [0.4, 0.5) is 16.0 Å². The van der Waals surface area contributed by atoms with E-state index in [2.05, 4.69) is 30.4 Å². The molecule has 0 saturated carbocycles. The van der Waals surface area contributed by atoms with E-state index in [1.807, 2.05) is 19.9 Å². The van der Waals surface area contributed by atoms with E-state index in [0.717, 1.165) is 5.69 Å². The van der Waals surface area contributed by atoms with E-state index < -0.39 is 0 Å². The molecule has 1 aromatic carbocycles. The summed E-state index contributed by atoms with van der Waals surface area (Å²) in [5.74, 6) is 0.313. The van der Waals surface area contributed by atoms with E-state index in [9.17, 15) is 9.18 Å². The van der Waals surface area contributed by atoms with Gasteiger partial charge in [0.25, 0.3) is 0 Å². The molecule has 1 fully saturated rings. The Hall–Kier alpha value is -3.04. The summed E-state index contributed by atoms with van der Waals surface area (Å²) >= 11 is 5.90. The Balaban J connectivity index is 1.28. The van der Waals surface area contributed by atoms with Crippen LogP contribution in [0.3, 0.4) is 0 Å². The lowest BCUT2D eigenvalue weighted by molar-refractivity contribution is -0.152. The van der Waals surface area contributed by atoms with Gasteiger partial charge >= 0.3 is 5.97 Å². The van der Waals surface area contributed by atoms with Crippen molar-refractivity contribution >= 4 is 29.2 Å². The summed E-state index contributed by atoms with van der Waals surface area (Å²) in [6.07, 6.45) is 4.44. The normalized spacial score (nSPS) is 18.8. The number of carbonyl (C=O) groups is 1. The first-order valence-electron chi connectivity index (χ1n) is 10.8.